The molecule has 136 valence electrons. The Balaban J connectivity index is 1.66. The fraction of sp³-hybridized carbons (Fsp3) is 0.172. The Hall–Kier alpha value is -3.12. The highest BCUT2D eigenvalue weighted by atomic mass is 14.8. The molecule has 0 fully saturated rings. The van der Waals surface area contributed by atoms with Crippen LogP contribution in [0.15, 0.2) is 97.1 Å². The molecule has 4 aliphatic rings. The average Bonchev–Trinajstić information content (AvgIpc) is 3.39. The van der Waals surface area contributed by atoms with Gasteiger partial charge in [-0.2, -0.15) is 0 Å². The van der Waals surface area contributed by atoms with E-state index < -0.39 is 0 Å². The lowest BCUT2D eigenvalue weighted by atomic mass is 9.60. The summed E-state index contributed by atoms with van der Waals surface area (Å²) in [6, 6.07) is 37.3. The lowest BCUT2D eigenvalue weighted by Crippen LogP contribution is -2.39. The monoisotopic (exact) mass is 368 g/mol. The van der Waals surface area contributed by atoms with Gasteiger partial charge in [0.25, 0.3) is 0 Å². The number of hydrogen-bond donors (Lipinski definition) is 0. The molecule has 8 rings (SSSR count). The summed E-state index contributed by atoms with van der Waals surface area (Å²) in [6.07, 6.45) is 1.16. The summed E-state index contributed by atoms with van der Waals surface area (Å²) in [4.78, 5) is 0. The van der Waals surface area contributed by atoms with Crippen LogP contribution in [0.5, 0.6) is 0 Å². The molecule has 0 saturated carbocycles. The molecular formula is C29H20. The molecule has 0 aliphatic heterocycles. The van der Waals surface area contributed by atoms with Crippen molar-refractivity contribution >= 4 is 0 Å². The molecule has 0 N–H and O–H groups in total. The number of fused-ring (bicyclic) bond motifs is 8. The quantitative estimate of drug-likeness (QED) is 0.348. The fourth-order valence-corrected chi connectivity index (χ4v) is 8.14. The highest BCUT2D eigenvalue weighted by Crippen LogP contribution is 2.83. The summed E-state index contributed by atoms with van der Waals surface area (Å²) in [5, 5.41) is 0. The highest BCUT2D eigenvalue weighted by Gasteiger charge is 2.77. The molecule has 0 saturated heterocycles. The van der Waals surface area contributed by atoms with Gasteiger partial charge in [-0.05, 0) is 50.9 Å². The van der Waals surface area contributed by atoms with Crippen molar-refractivity contribution in [1.82, 2.24) is 0 Å². The molecule has 0 heterocycles. The number of hydrogen-bond acceptors (Lipinski definition) is 0. The van der Waals surface area contributed by atoms with E-state index in [-0.39, 0.29) is 10.8 Å². The molecule has 29 heavy (non-hydrogen) atoms. The largest absolute Gasteiger partial charge is 0.0620 e. The van der Waals surface area contributed by atoms with Gasteiger partial charge in [0.1, 0.15) is 0 Å². The van der Waals surface area contributed by atoms with Crippen LogP contribution in [-0.4, -0.2) is 0 Å². The van der Waals surface area contributed by atoms with Gasteiger partial charge in [0.05, 0.1) is 5.41 Å². The van der Waals surface area contributed by atoms with Crippen LogP contribution < -0.4 is 0 Å². The zero-order valence-corrected chi connectivity index (χ0v) is 16.1. The van der Waals surface area contributed by atoms with E-state index >= 15 is 0 Å². The molecule has 0 heteroatoms. The number of rotatable bonds is 0. The van der Waals surface area contributed by atoms with Crippen LogP contribution in [0.3, 0.4) is 0 Å². The third kappa shape index (κ3) is 1.28. The Morgan fingerprint density at radius 1 is 0.483 bits per heavy atom. The van der Waals surface area contributed by atoms with Crippen molar-refractivity contribution in [2.75, 3.05) is 0 Å². The second kappa shape index (κ2) is 4.54. The van der Waals surface area contributed by atoms with E-state index in [1.165, 1.54) is 0 Å². The van der Waals surface area contributed by atoms with E-state index in [2.05, 4.69) is 97.1 Å². The van der Waals surface area contributed by atoms with Gasteiger partial charge in [-0.15, -0.1) is 0 Å². The van der Waals surface area contributed by atoms with Crippen LogP contribution in [0.4, 0.5) is 0 Å². The first kappa shape index (κ1) is 14.8. The maximum Gasteiger partial charge on any atom is 0.0537 e. The molecule has 0 amide bonds. The summed E-state index contributed by atoms with van der Waals surface area (Å²) in [7, 11) is 0. The Morgan fingerprint density at radius 3 is 1.52 bits per heavy atom. The van der Waals surface area contributed by atoms with Gasteiger partial charge in [0, 0.05) is 17.3 Å². The van der Waals surface area contributed by atoms with E-state index in [0.29, 0.717) is 11.8 Å². The molecule has 4 aromatic carbocycles. The Kier molecular flexibility index (Phi) is 2.32. The third-order valence-electron chi connectivity index (χ3n) is 8.60. The minimum atomic E-state index is -0.0227. The third-order valence-corrected chi connectivity index (χ3v) is 8.60. The Labute approximate surface area is 170 Å². The zero-order valence-electron chi connectivity index (χ0n) is 16.1. The van der Waals surface area contributed by atoms with Crippen molar-refractivity contribution in [1.29, 1.82) is 0 Å². The van der Waals surface area contributed by atoms with Crippen molar-refractivity contribution in [2.45, 2.75) is 23.7 Å². The molecule has 0 bridgehead atoms. The van der Waals surface area contributed by atoms with Crippen LogP contribution in [0.2, 0.25) is 0 Å². The van der Waals surface area contributed by atoms with Gasteiger partial charge >= 0.3 is 0 Å². The summed E-state index contributed by atoms with van der Waals surface area (Å²) in [5.74, 6) is 0.944. The molecule has 4 aliphatic carbocycles. The molecule has 4 aromatic rings. The van der Waals surface area contributed by atoms with Crippen molar-refractivity contribution in [2.24, 2.45) is 5.41 Å². The van der Waals surface area contributed by atoms with E-state index in [9.17, 15) is 0 Å². The first-order chi connectivity index (χ1) is 14.4. The van der Waals surface area contributed by atoms with Crippen molar-refractivity contribution in [3.8, 4) is 0 Å². The van der Waals surface area contributed by atoms with Gasteiger partial charge in [0.15, 0.2) is 0 Å². The molecule has 0 aromatic heterocycles. The van der Waals surface area contributed by atoms with Gasteiger partial charge in [0.2, 0.25) is 0 Å². The molecule has 2 atom stereocenters. The van der Waals surface area contributed by atoms with E-state index in [0.717, 1.165) is 6.42 Å². The summed E-state index contributed by atoms with van der Waals surface area (Å²) < 4.78 is 0. The fourth-order valence-electron chi connectivity index (χ4n) is 8.14. The summed E-state index contributed by atoms with van der Waals surface area (Å²) in [6.45, 7) is 0. The minimum absolute atomic E-state index is 0.0227. The molecular weight excluding hydrogens is 348 g/mol. The standard InChI is InChI=1S/C29H20/c1-6-14-23-18(9-1)17-28-26-19-10-2-3-11-20(19)27(28)22-13-5-8-16-25(22)29(23,28)24-15-7-4-12-21(24)26/h1-16,26-27H,17H2. The molecule has 0 radical (unpaired) electrons. The van der Waals surface area contributed by atoms with Crippen LogP contribution in [0.1, 0.15) is 56.3 Å². The van der Waals surface area contributed by atoms with Crippen molar-refractivity contribution in [3.63, 3.8) is 0 Å². The maximum atomic E-state index is 2.43. The predicted octanol–water partition coefficient (Wildman–Crippen LogP) is 6.17. The lowest BCUT2D eigenvalue weighted by Gasteiger charge is -2.40. The van der Waals surface area contributed by atoms with Crippen LogP contribution in [-0.2, 0) is 11.8 Å². The summed E-state index contributed by atoms with van der Waals surface area (Å²) in [5.41, 5.74) is 12.6. The lowest BCUT2D eigenvalue weighted by molar-refractivity contribution is 0.220. The highest BCUT2D eigenvalue weighted by molar-refractivity contribution is 5.78. The number of benzene rings is 4. The first-order valence-corrected chi connectivity index (χ1v) is 10.7. The topological polar surface area (TPSA) is 0 Å². The Bertz CT molecular complexity index is 1280. The SMILES string of the molecule is c1ccc2c(c1)CC13C4c5ccccc5C1c1ccccc1C23c1ccccc14. The first-order valence-electron chi connectivity index (χ1n) is 10.7. The molecule has 1 spiro atoms. The minimum Gasteiger partial charge on any atom is -0.0620 e. The van der Waals surface area contributed by atoms with Crippen molar-refractivity contribution < 1.29 is 0 Å². The summed E-state index contributed by atoms with van der Waals surface area (Å²) >= 11 is 0. The smallest absolute Gasteiger partial charge is 0.0537 e. The molecule has 2 unspecified atom stereocenters. The van der Waals surface area contributed by atoms with Crippen LogP contribution in [0, 0.1) is 5.41 Å². The average molecular weight is 368 g/mol. The maximum absolute atomic E-state index is 2.43. The zero-order chi connectivity index (χ0) is 18.8. The van der Waals surface area contributed by atoms with E-state index in [1.807, 2.05) is 0 Å². The van der Waals surface area contributed by atoms with Gasteiger partial charge in [-0.1, -0.05) is 97.1 Å². The Morgan fingerprint density at radius 2 is 0.931 bits per heavy atom. The normalized spacial score (nSPS) is 30.9. The van der Waals surface area contributed by atoms with Crippen molar-refractivity contribution in [3.05, 3.63) is 142 Å². The van der Waals surface area contributed by atoms with Crippen LogP contribution in [0.25, 0.3) is 0 Å². The second-order valence-electron chi connectivity index (χ2n) is 9.29. The van der Waals surface area contributed by atoms with Crippen LogP contribution >= 0.6 is 0 Å². The van der Waals surface area contributed by atoms with E-state index in [4.69, 9.17) is 0 Å². The second-order valence-corrected chi connectivity index (χ2v) is 9.29. The van der Waals surface area contributed by atoms with Gasteiger partial charge in [-0.25, -0.2) is 0 Å². The van der Waals surface area contributed by atoms with E-state index in [1.54, 1.807) is 44.5 Å². The predicted molar refractivity (Wildman–Crippen MR) is 115 cm³/mol. The molecule has 0 nitrogen and oxygen atoms in total. The van der Waals surface area contributed by atoms with Gasteiger partial charge < -0.3 is 0 Å². The van der Waals surface area contributed by atoms with Gasteiger partial charge in [-0.3, -0.25) is 0 Å².